The molecule has 1 amide bonds. The van der Waals surface area contributed by atoms with Gasteiger partial charge in [0.1, 0.15) is 18.3 Å². The molecule has 0 radical (unpaired) electrons. The number of carbonyl (C=O) groups is 1. The van der Waals surface area contributed by atoms with Crippen molar-refractivity contribution in [2.24, 2.45) is 0 Å². The van der Waals surface area contributed by atoms with Crippen LogP contribution in [0.5, 0.6) is 0 Å². The van der Waals surface area contributed by atoms with Crippen LogP contribution >= 0.6 is 0 Å². The molecule has 3 aromatic heterocycles. The second kappa shape index (κ2) is 7.83. The number of fused-ring (bicyclic) bond motifs is 1. The molecule has 0 saturated heterocycles. The van der Waals surface area contributed by atoms with Gasteiger partial charge in [-0.05, 0) is 39.0 Å². The smallest absolute Gasteiger partial charge is 0.414 e. The van der Waals surface area contributed by atoms with Gasteiger partial charge in [0.25, 0.3) is 0 Å². The molecule has 0 aliphatic heterocycles. The Labute approximate surface area is 166 Å². The molecule has 29 heavy (non-hydrogen) atoms. The summed E-state index contributed by atoms with van der Waals surface area (Å²) in [5.41, 5.74) is 1.32. The number of anilines is 1. The number of pyridine rings is 2. The van der Waals surface area contributed by atoms with E-state index in [9.17, 15) is 18.8 Å². The third-order valence-electron chi connectivity index (χ3n) is 3.99. The summed E-state index contributed by atoms with van der Waals surface area (Å²) < 4.78 is 33.3. The molecule has 0 saturated carbocycles. The molecule has 3 aromatic rings. The molecule has 3 rings (SSSR count). The van der Waals surface area contributed by atoms with Crippen molar-refractivity contribution in [2.45, 2.75) is 26.4 Å². The van der Waals surface area contributed by atoms with Crippen molar-refractivity contribution in [3.05, 3.63) is 48.3 Å². The number of halogens is 2. The number of aromatic nitrogens is 3. The van der Waals surface area contributed by atoms with Crippen molar-refractivity contribution in [1.29, 1.82) is 5.26 Å². The maximum Gasteiger partial charge on any atom is 0.414 e. The molecule has 7 nitrogen and oxygen atoms in total. The van der Waals surface area contributed by atoms with Crippen LogP contribution < -0.4 is 4.90 Å². The Kier molecular flexibility index (Phi) is 5.46. The number of hydrogen-bond acceptors (Lipinski definition) is 5. The summed E-state index contributed by atoms with van der Waals surface area (Å²) in [6.07, 6.45) is 3.49. The van der Waals surface area contributed by atoms with E-state index < -0.39 is 24.3 Å². The highest BCUT2D eigenvalue weighted by Crippen LogP contribution is 2.31. The molecule has 0 atom stereocenters. The predicted octanol–water partition coefficient (Wildman–Crippen LogP) is 4.12. The summed E-state index contributed by atoms with van der Waals surface area (Å²) in [6, 6.07) is 6.35. The molecule has 0 aromatic carbocycles. The highest BCUT2D eigenvalue weighted by molar-refractivity contribution is 5.92. The first kappa shape index (κ1) is 20.2. The molecule has 0 N–H and O–H groups in total. The summed E-state index contributed by atoms with van der Waals surface area (Å²) in [7, 11) is 0. The lowest BCUT2D eigenvalue weighted by Crippen LogP contribution is -2.38. The zero-order valence-corrected chi connectivity index (χ0v) is 16.2. The second-order valence-electron chi connectivity index (χ2n) is 7.27. The molecule has 150 valence electrons. The number of rotatable bonds is 4. The van der Waals surface area contributed by atoms with Gasteiger partial charge in [-0.3, -0.25) is 4.90 Å². The van der Waals surface area contributed by atoms with E-state index >= 15 is 0 Å². The van der Waals surface area contributed by atoms with Gasteiger partial charge in [0.05, 0.1) is 35.7 Å². The Bertz CT molecular complexity index is 1080. The fraction of sp³-hybridized carbons (Fsp3) is 0.300. The maximum absolute atomic E-state index is 13.3. The van der Waals surface area contributed by atoms with Crippen molar-refractivity contribution < 1.29 is 18.3 Å². The van der Waals surface area contributed by atoms with Crippen LogP contribution in [0.1, 0.15) is 26.3 Å². The summed E-state index contributed by atoms with van der Waals surface area (Å²) in [6.45, 7) is 4.12. The van der Waals surface area contributed by atoms with Gasteiger partial charge in [0.15, 0.2) is 0 Å². The highest BCUT2D eigenvalue weighted by atomic mass is 19.1. The number of alkyl halides is 1. The minimum absolute atomic E-state index is 0.228. The lowest BCUT2D eigenvalue weighted by molar-refractivity contribution is 0.0578. The van der Waals surface area contributed by atoms with Crippen LogP contribution in [0.25, 0.3) is 16.6 Å². The number of hydrogen-bond donors (Lipinski definition) is 0. The van der Waals surface area contributed by atoms with Gasteiger partial charge in [-0.15, -0.1) is 0 Å². The van der Waals surface area contributed by atoms with Crippen LogP contribution in [0.15, 0.2) is 36.8 Å². The van der Waals surface area contributed by atoms with Crippen LogP contribution in [-0.2, 0) is 4.74 Å². The molecule has 9 heteroatoms. The molecule has 0 unspecified atom stereocenters. The van der Waals surface area contributed by atoms with E-state index in [0.29, 0.717) is 27.9 Å². The van der Waals surface area contributed by atoms with E-state index in [1.807, 2.05) is 0 Å². The quantitative estimate of drug-likeness (QED) is 0.617. The Morgan fingerprint density at radius 1 is 1.34 bits per heavy atom. The Morgan fingerprint density at radius 2 is 2.10 bits per heavy atom. The first-order valence-electron chi connectivity index (χ1n) is 8.83. The normalized spacial score (nSPS) is 11.3. The predicted molar refractivity (Wildman–Crippen MR) is 103 cm³/mol. The Hall–Kier alpha value is -3.54. The van der Waals surface area contributed by atoms with Crippen molar-refractivity contribution in [1.82, 2.24) is 14.6 Å². The summed E-state index contributed by atoms with van der Waals surface area (Å²) in [5.74, 6) is -0.650. The zero-order chi connectivity index (χ0) is 21.2. The standard InChI is InChI=1S/C20H19F2N5O2/c1-20(2,3)29-19(28)26(7-6-21)15-8-16(13-4-5-17(22)24-10-13)18-14(9-23)11-25-27(18)12-15/h4-5,8,10-12H,6-7H2,1-3H3. The average Bonchev–Trinajstić information content (AvgIpc) is 3.07. The third-order valence-corrected chi connectivity index (χ3v) is 3.99. The van der Waals surface area contributed by atoms with E-state index in [2.05, 4.69) is 16.2 Å². The zero-order valence-electron chi connectivity index (χ0n) is 16.2. The topological polar surface area (TPSA) is 83.5 Å². The van der Waals surface area contributed by atoms with Crippen LogP contribution in [0.4, 0.5) is 19.3 Å². The first-order chi connectivity index (χ1) is 13.7. The number of carbonyl (C=O) groups excluding carboxylic acids is 1. The summed E-state index contributed by atoms with van der Waals surface area (Å²) in [5, 5.41) is 13.6. The van der Waals surface area contributed by atoms with E-state index in [1.54, 1.807) is 26.8 Å². The molecule has 3 heterocycles. The van der Waals surface area contributed by atoms with Gasteiger partial charge < -0.3 is 4.74 Å². The fourth-order valence-corrected chi connectivity index (χ4v) is 2.82. The van der Waals surface area contributed by atoms with Gasteiger partial charge in [-0.1, -0.05) is 0 Å². The van der Waals surface area contributed by atoms with Gasteiger partial charge >= 0.3 is 6.09 Å². The van der Waals surface area contributed by atoms with Gasteiger partial charge in [0.2, 0.25) is 5.95 Å². The van der Waals surface area contributed by atoms with Crippen LogP contribution in [0, 0.1) is 17.3 Å². The fourth-order valence-electron chi connectivity index (χ4n) is 2.82. The second-order valence-corrected chi connectivity index (χ2v) is 7.27. The molecule has 0 fully saturated rings. The highest BCUT2D eigenvalue weighted by Gasteiger charge is 2.25. The summed E-state index contributed by atoms with van der Waals surface area (Å²) >= 11 is 0. The van der Waals surface area contributed by atoms with E-state index in [1.165, 1.54) is 35.2 Å². The molecule has 0 spiro atoms. The van der Waals surface area contributed by atoms with Crippen LogP contribution in [-0.4, -0.2) is 39.5 Å². The number of nitrogens with zero attached hydrogens (tertiary/aromatic N) is 5. The summed E-state index contributed by atoms with van der Waals surface area (Å²) in [4.78, 5) is 17.4. The van der Waals surface area contributed by atoms with E-state index in [4.69, 9.17) is 4.74 Å². The minimum Gasteiger partial charge on any atom is -0.443 e. The van der Waals surface area contributed by atoms with Gasteiger partial charge in [-0.2, -0.15) is 14.8 Å². The monoisotopic (exact) mass is 399 g/mol. The lowest BCUT2D eigenvalue weighted by atomic mass is 10.0. The van der Waals surface area contributed by atoms with Crippen molar-refractivity contribution in [2.75, 3.05) is 18.1 Å². The SMILES string of the molecule is CC(C)(C)OC(=O)N(CCF)c1cc(-c2ccc(F)nc2)c2c(C#N)cnn2c1. The maximum atomic E-state index is 13.3. The number of nitriles is 1. The van der Waals surface area contributed by atoms with Crippen LogP contribution in [0.2, 0.25) is 0 Å². The van der Waals surface area contributed by atoms with Crippen molar-refractivity contribution in [3.8, 4) is 17.2 Å². The average molecular weight is 399 g/mol. The Morgan fingerprint density at radius 3 is 2.69 bits per heavy atom. The molecular weight excluding hydrogens is 380 g/mol. The molecule has 0 aliphatic carbocycles. The third kappa shape index (κ3) is 4.32. The minimum atomic E-state index is -0.784. The number of ether oxygens (including phenoxy) is 1. The molecule has 0 bridgehead atoms. The number of amides is 1. The lowest BCUT2D eigenvalue weighted by Gasteiger charge is -2.27. The first-order valence-corrected chi connectivity index (χ1v) is 8.83. The van der Waals surface area contributed by atoms with Gasteiger partial charge in [0, 0.05) is 17.3 Å². The van der Waals surface area contributed by atoms with E-state index in [0.717, 1.165) is 4.90 Å². The van der Waals surface area contributed by atoms with E-state index in [-0.39, 0.29) is 6.54 Å². The Balaban J connectivity index is 2.19. The van der Waals surface area contributed by atoms with Crippen LogP contribution in [0.3, 0.4) is 0 Å². The largest absolute Gasteiger partial charge is 0.443 e. The molecular formula is C20H19F2N5O2. The van der Waals surface area contributed by atoms with Crippen molar-refractivity contribution in [3.63, 3.8) is 0 Å². The van der Waals surface area contributed by atoms with Crippen molar-refractivity contribution >= 4 is 17.3 Å². The molecule has 0 aliphatic rings. The van der Waals surface area contributed by atoms with Gasteiger partial charge in [-0.25, -0.2) is 18.7 Å².